The van der Waals surface area contributed by atoms with Crippen LogP contribution in [0.25, 0.3) is 0 Å². The number of hydrogen-bond acceptors (Lipinski definition) is 5. The average molecular weight is 283 g/mol. The number of nitrogens with one attached hydrogen (secondary N) is 1. The van der Waals surface area contributed by atoms with E-state index < -0.39 is 5.54 Å². The van der Waals surface area contributed by atoms with Gasteiger partial charge in [0.25, 0.3) is 0 Å². The van der Waals surface area contributed by atoms with Crippen LogP contribution in [0.4, 0.5) is 0 Å². The first-order valence-corrected chi connectivity index (χ1v) is 7.65. The Morgan fingerprint density at radius 2 is 2.37 bits per heavy atom. The van der Waals surface area contributed by atoms with Crippen LogP contribution in [0.3, 0.4) is 0 Å². The van der Waals surface area contributed by atoms with Crippen molar-refractivity contribution in [3.05, 3.63) is 18.1 Å². The molecule has 1 aromatic heterocycles. The van der Waals surface area contributed by atoms with Crippen LogP contribution in [0.15, 0.2) is 21.6 Å². The smallest absolute Gasteiger partial charge is 0.327 e. The standard InChI is InChI=1S/C14H21NO3S/c1-4-17-13(16)14(15-3,11-5-6-11)9-19-12-7-8-18-10(12)2/h7-8,11,15H,4-6,9H2,1-3H3. The molecular formula is C14H21NO3S. The molecule has 19 heavy (non-hydrogen) atoms. The molecule has 1 aliphatic rings. The van der Waals surface area contributed by atoms with Crippen molar-refractivity contribution in [1.82, 2.24) is 5.32 Å². The number of ether oxygens (including phenoxy) is 1. The van der Waals surface area contributed by atoms with Gasteiger partial charge in [-0.3, -0.25) is 4.79 Å². The Bertz CT molecular complexity index is 442. The predicted molar refractivity (Wildman–Crippen MR) is 75.3 cm³/mol. The van der Waals surface area contributed by atoms with Crippen molar-refractivity contribution >= 4 is 17.7 Å². The molecule has 0 amide bonds. The van der Waals surface area contributed by atoms with Crippen molar-refractivity contribution in [2.24, 2.45) is 5.92 Å². The van der Waals surface area contributed by atoms with E-state index >= 15 is 0 Å². The van der Waals surface area contributed by atoms with Crippen LogP contribution in [0.2, 0.25) is 0 Å². The van der Waals surface area contributed by atoms with Gasteiger partial charge >= 0.3 is 5.97 Å². The summed E-state index contributed by atoms with van der Waals surface area (Å²) in [6.45, 7) is 4.20. The summed E-state index contributed by atoms with van der Waals surface area (Å²) < 4.78 is 10.6. The molecule has 0 aromatic carbocycles. The van der Waals surface area contributed by atoms with E-state index in [2.05, 4.69) is 5.32 Å². The summed E-state index contributed by atoms with van der Waals surface area (Å²) in [6, 6.07) is 1.94. The second-order valence-corrected chi connectivity index (χ2v) is 5.86. The summed E-state index contributed by atoms with van der Waals surface area (Å²) in [5, 5.41) is 3.22. The summed E-state index contributed by atoms with van der Waals surface area (Å²) in [5.74, 6) is 1.83. The Labute approximate surface area is 118 Å². The normalized spacial score (nSPS) is 18.1. The predicted octanol–water partition coefficient (Wildman–Crippen LogP) is 2.61. The van der Waals surface area contributed by atoms with E-state index in [1.165, 1.54) is 0 Å². The highest BCUT2D eigenvalue weighted by atomic mass is 32.2. The van der Waals surface area contributed by atoms with Crippen molar-refractivity contribution in [2.45, 2.75) is 37.1 Å². The Morgan fingerprint density at radius 3 is 2.84 bits per heavy atom. The van der Waals surface area contributed by atoms with Gasteiger partial charge in [-0.2, -0.15) is 0 Å². The Morgan fingerprint density at radius 1 is 1.63 bits per heavy atom. The van der Waals surface area contributed by atoms with E-state index in [9.17, 15) is 4.79 Å². The zero-order valence-electron chi connectivity index (χ0n) is 11.7. The number of hydrogen-bond donors (Lipinski definition) is 1. The first kappa shape index (κ1) is 14.5. The second-order valence-electron chi connectivity index (χ2n) is 4.85. The van der Waals surface area contributed by atoms with Crippen LogP contribution >= 0.6 is 11.8 Å². The average Bonchev–Trinajstić information content (AvgIpc) is 3.16. The van der Waals surface area contributed by atoms with Crippen LogP contribution < -0.4 is 5.32 Å². The minimum atomic E-state index is -0.565. The molecule has 0 bridgehead atoms. The number of furan rings is 1. The maximum Gasteiger partial charge on any atom is 0.327 e. The van der Waals surface area contributed by atoms with Gasteiger partial charge in [0.05, 0.1) is 12.9 Å². The van der Waals surface area contributed by atoms with E-state index in [0.717, 1.165) is 23.5 Å². The number of rotatable bonds is 7. The van der Waals surface area contributed by atoms with Crippen molar-refractivity contribution in [3.63, 3.8) is 0 Å². The molecule has 1 atom stereocenters. The summed E-state index contributed by atoms with van der Waals surface area (Å²) >= 11 is 1.65. The van der Waals surface area contributed by atoms with Gasteiger partial charge < -0.3 is 14.5 Å². The zero-order chi connectivity index (χ0) is 13.9. The molecule has 106 valence electrons. The van der Waals surface area contributed by atoms with E-state index in [-0.39, 0.29) is 5.97 Å². The molecule has 5 heteroatoms. The number of carbonyl (C=O) groups is 1. The molecule has 1 aromatic rings. The lowest BCUT2D eigenvalue weighted by Crippen LogP contribution is -2.55. The Kier molecular flexibility index (Phi) is 4.58. The van der Waals surface area contributed by atoms with Crippen molar-refractivity contribution in [2.75, 3.05) is 19.4 Å². The Hall–Kier alpha value is -0.940. The van der Waals surface area contributed by atoms with E-state index in [4.69, 9.17) is 9.15 Å². The van der Waals surface area contributed by atoms with Gasteiger partial charge in [0.1, 0.15) is 11.3 Å². The monoisotopic (exact) mass is 283 g/mol. The second kappa shape index (κ2) is 6.01. The molecule has 0 aliphatic heterocycles. The third-order valence-corrected chi connectivity index (χ3v) is 4.96. The number of esters is 1. The van der Waals surface area contributed by atoms with E-state index in [1.807, 2.05) is 27.0 Å². The number of likely N-dealkylation sites (N-methyl/N-ethyl adjacent to an activating group) is 1. The third-order valence-electron chi connectivity index (χ3n) is 3.63. The molecule has 0 radical (unpaired) electrons. The fraction of sp³-hybridized carbons (Fsp3) is 0.643. The van der Waals surface area contributed by atoms with Gasteiger partial charge in [-0.25, -0.2) is 0 Å². The van der Waals surface area contributed by atoms with Crippen LogP contribution in [-0.4, -0.2) is 30.9 Å². The molecule has 1 saturated carbocycles. The molecule has 1 aliphatic carbocycles. The fourth-order valence-electron chi connectivity index (χ4n) is 2.27. The molecular weight excluding hydrogens is 262 g/mol. The Balaban J connectivity index is 2.09. The topological polar surface area (TPSA) is 51.5 Å². The first-order chi connectivity index (χ1) is 9.14. The summed E-state index contributed by atoms with van der Waals surface area (Å²) in [5.41, 5.74) is -0.565. The molecule has 1 heterocycles. The van der Waals surface area contributed by atoms with Crippen LogP contribution in [-0.2, 0) is 9.53 Å². The lowest BCUT2D eigenvalue weighted by atomic mass is 9.96. The summed E-state index contributed by atoms with van der Waals surface area (Å²) in [4.78, 5) is 13.4. The lowest BCUT2D eigenvalue weighted by Gasteiger charge is -2.30. The van der Waals surface area contributed by atoms with Crippen LogP contribution in [0.1, 0.15) is 25.5 Å². The van der Waals surface area contributed by atoms with Crippen molar-refractivity contribution in [1.29, 1.82) is 0 Å². The van der Waals surface area contributed by atoms with Crippen molar-refractivity contribution in [3.8, 4) is 0 Å². The van der Waals surface area contributed by atoms with Gasteiger partial charge in [0, 0.05) is 10.6 Å². The number of aryl methyl sites for hydroxylation is 1. The fourth-order valence-corrected chi connectivity index (χ4v) is 3.56. The minimum absolute atomic E-state index is 0.131. The van der Waals surface area contributed by atoms with Gasteiger partial charge in [-0.15, -0.1) is 11.8 Å². The molecule has 0 spiro atoms. The molecule has 4 nitrogen and oxygen atoms in total. The minimum Gasteiger partial charge on any atom is -0.468 e. The van der Waals surface area contributed by atoms with E-state index in [1.54, 1.807) is 18.0 Å². The quantitative estimate of drug-likeness (QED) is 0.616. The third kappa shape index (κ3) is 2.98. The van der Waals surface area contributed by atoms with Crippen molar-refractivity contribution < 1.29 is 13.9 Å². The highest BCUT2D eigenvalue weighted by Crippen LogP contribution is 2.43. The maximum atomic E-state index is 12.3. The molecule has 1 unspecified atom stereocenters. The number of carbonyl (C=O) groups excluding carboxylic acids is 1. The highest BCUT2D eigenvalue weighted by molar-refractivity contribution is 7.99. The van der Waals surface area contributed by atoms with Gasteiger partial charge in [0.2, 0.25) is 0 Å². The molecule has 0 saturated heterocycles. The van der Waals surface area contributed by atoms with Gasteiger partial charge in [-0.05, 0) is 45.7 Å². The highest BCUT2D eigenvalue weighted by Gasteiger charge is 2.51. The lowest BCUT2D eigenvalue weighted by molar-refractivity contribution is -0.150. The molecule has 1 N–H and O–H groups in total. The summed E-state index contributed by atoms with van der Waals surface area (Å²) in [7, 11) is 1.85. The number of thioether (sulfide) groups is 1. The molecule has 1 fully saturated rings. The summed E-state index contributed by atoms with van der Waals surface area (Å²) in [6.07, 6.45) is 3.86. The van der Waals surface area contributed by atoms with Gasteiger partial charge in [-0.1, -0.05) is 0 Å². The SMILES string of the molecule is CCOC(=O)C(CSc1ccoc1C)(NC)C1CC1. The van der Waals surface area contributed by atoms with E-state index in [0.29, 0.717) is 18.3 Å². The van der Waals surface area contributed by atoms with Crippen LogP contribution in [0.5, 0.6) is 0 Å². The zero-order valence-corrected chi connectivity index (χ0v) is 12.5. The van der Waals surface area contributed by atoms with Crippen LogP contribution in [0, 0.1) is 12.8 Å². The molecule has 2 rings (SSSR count). The largest absolute Gasteiger partial charge is 0.468 e. The first-order valence-electron chi connectivity index (χ1n) is 6.67. The maximum absolute atomic E-state index is 12.3. The van der Waals surface area contributed by atoms with Gasteiger partial charge in [0.15, 0.2) is 0 Å².